The third-order valence-corrected chi connectivity index (χ3v) is 3.20. The number of ether oxygens (including phenoxy) is 1. The number of methoxy groups -OCH3 is 1. The van der Waals surface area contributed by atoms with Gasteiger partial charge in [0.25, 0.3) is 0 Å². The van der Waals surface area contributed by atoms with Gasteiger partial charge in [-0.3, -0.25) is 4.79 Å². The van der Waals surface area contributed by atoms with Gasteiger partial charge >= 0.3 is 0 Å². The summed E-state index contributed by atoms with van der Waals surface area (Å²) in [7, 11) is 1.53. The van der Waals surface area contributed by atoms with E-state index in [4.69, 9.17) is 21.7 Å². The monoisotopic (exact) mass is 302 g/mol. The number of nitrogens with one attached hydrogen (secondary N) is 2. The first kappa shape index (κ1) is 15.1. The number of amides is 1. The minimum absolute atomic E-state index is 0.123. The molecule has 0 unspecified atom stereocenters. The van der Waals surface area contributed by atoms with Crippen LogP contribution in [0.1, 0.15) is 11.1 Å². The Labute approximate surface area is 128 Å². The van der Waals surface area contributed by atoms with E-state index in [1.165, 1.54) is 13.3 Å². The maximum Gasteiger partial charge on any atom is 0.228 e. The van der Waals surface area contributed by atoms with E-state index in [9.17, 15) is 4.79 Å². The summed E-state index contributed by atoms with van der Waals surface area (Å²) in [4.78, 5) is 12.0. The van der Waals surface area contributed by atoms with Crippen molar-refractivity contribution >= 4 is 29.4 Å². The SMILES string of the molecule is COc1cc(NC(=O)Cc2ccc(Cl)cc2)ccc1C=N. The lowest BCUT2D eigenvalue weighted by Gasteiger charge is -2.09. The van der Waals surface area contributed by atoms with E-state index in [2.05, 4.69) is 5.32 Å². The van der Waals surface area contributed by atoms with Crippen molar-refractivity contribution in [3.63, 3.8) is 0 Å². The maximum atomic E-state index is 12.0. The number of anilines is 1. The molecule has 2 N–H and O–H groups in total. The molecule has 2 aromatic carbocycles. The Morgan fingerprint density at radius 1 is 1.29 bits per heavy atom. The predicted octanol–water partition coefficient (Wildman–Crippen LogP) is 3.53. The largest absolute Gasteiger partial charge is 0.496 e. The third-order valence-electron chi connectivity index (χ3n) is 2.95. The summed E-state index contributed by atoms with van der Waals surface area (Å²) < 4.78 is 5.17. The average Bonchev–Trinajstić information content (AvgIpc) is 2.49. The maximum absolute atomic E-state index is 12.0. The predicted molar refractivity (Wildman–Crippen MR) is 84.7 cm³/mol. The Morgan fingerprint density at radius 3 is 2.62 bits per heavy atom. The lowest BCUT2D eigenvalue weighted by molar-refractivity contribution is -0.115. The molecule has 108 valence electrons. The second kappa shape index (κ2) is 6.90. The second-order valence-electron chi connectivity index (χ2n) is 4.45. The van der Waals surface area contributed by atoms with Crippen molar-refractivity contribution in [2.75, 3.05) is 12.4 Å². The molecular formula is C16H15ClN2O2. The molecule has 4 nitrogen and oxygen atoms in total. The zero-order valence-electron chi connectivity index (χ0n) is 11.5. The smallest absolute Gasteiger partial charge is 0.228 e. The van der Waals surface area contributed by atoms with Crippen LogP contribution in [-0.2, 0) is 11.2 Å². The molecular weight excluding hydrogens is 288 g/mol. The summed E-state index contributed by atoms with van der Waals surface area (Å²) in [5.41, 5.74) is 2.18. The molecule has 2 aromatic rings. The molecule has 21 heavy (non-hydrogen) atoms. The summed E-state index contributed by atoms with van der Waals surface area (Å²) in [5.74, 6) is 0.427. The second-order valence-corrected chi connectivity index (χ2v) is 4.89. The van der Waals surface area contributed by atoms with E-state index in [0.29, 0.717) is 22.0 Å². The van der Waals surface area contributed by atoms with E-state index in [1.807, 2.05) is 12.1 Å². The Bertz CT molecular complexity index is 654. The van der Waals surface area contributed by atoms with Crippen LogP contribution < -0.4 is 10.1 Å². The fourth-order valence-corrected chi connectivity index (χ4v) is 2.03. The van der Waals surface area contributed by atoms with Gasteiger partial charge in [0, 0.05) is 28.6 Å². The van der Waals surface area contributed by atoms with Crippen LogP contribution in [0.2, 0.25) is 5.02 Å². The zero-order chi connectivity index (χ0) is 15.2. The fourth-order valence-electron chi connectivity index (χ4n) is 1.90. The van der Waals surface area contributed by atoms with Gasteiger partial charge in [0.15, 0.2) is 0 Å². The molecule has 0 aliphatic carbocycles. The van der Waals surface area contributed by atoms with Crippen LogP contribution in [0.4, 0.5) is 5.69 Å². The highest BCUT2D eigenvalue weighted by Crippen LogP contribution is 2.22. The van der Waals surface area contributed by atoms with Gasteiger partial charge in [0.1, 0.15) is 5.75 Å². The lowest BCUT2D eigenvalue weighted by Crippen LogP contribution is -2.14. The van der Waals surface area contributed by atoms with Gasteiger partial charge < -0.3 is 15.5 Å². The van der Waals surface area contributed by atoms with Gasteiger partial charge in [-0.05, 0) is 29.8 Å². The molecule has 0 heterocycles. The van der Waals surface area contributed by atoms with E-state index in [0.717, 1.165) is 5.56 Å². The van der Waals surface area contributed by atoms with Crippen LogP contribution in [0.25, 0.3) is 0 Å². The molecule has 0 fully saturated rings. The normalized spacial score (nSPS) is 10.0. The highest BCUT2D eigenvalue weighted by molar-refractivity contribution is 6.30. The molecule has 1 amide bonds. The molecule has 0 saturated heterocycles. The van der Waals surface area contributed by atoms with Gasteiger partial charge in [-0.25, -0.2) is 0 Å². The highest BCUT2D eigenvalue weighted by Gasteiger charge is 2.07. The summed E-state index contributed by atoms with van der Waals surface area (Å²) in [6.45, 7) is 0. The lowest BCUT2D eigenvalue weighted by atomic mass is 10.1. The van der Waals surface area contributed by atoms with Crippen molar-refractivity contribution in [3.05, 3.63) is 58.6 Å². The molecule has 0 aliphatic heterocycles. The Hall–Kier alpha value is -2.33. The minimum Gasteiger partial charge on any atom is -0.496 e. The average molecular weight is 303 g/mol. The molecule has 0 spiro atoms. The van der Waals surface area contributed by atoms with E-state index < -0.39 is 0 Å². The number of carbonyl (C=O) groups is 1. The van der Waals surface area contributed by atoms with Crippen LogP contribution in [-0.4, -0.2) is 19.2 Å². The standard InChI is InChI=1S/C16H15ClN2O2/c1-21-15-9-14(7-4-12(15)10-18)19-16(20)8-11-2-5-13(17)6-3-11/h2-7,9-10,18H,8H2,1H3,(H,19,20). The van der Waals surface area contributed by atoms with Crippen molar-refractivity contribution in [3.8, 4) is 5.75 Å². The fraction of sp³-hybridized carbons (Fsp3) is 0.125. The molecule has 0 bridgehead atoms. The van der Waals surface area contributed by atoms with Gasteiger partial charge in [-0.2, -0.15) is 0 Å². The van der Waals surface area contributed by atoms with Crippen LogP contribution in [0, 0.1) is 5.41 Å². The van der Waals surface area contributed by atoms with Crippen LogP contribution in [0.15, 0.2) is 42.5 Å². The molecule has 0 saturated carbocycles. The van der Waals surface area contributed by atoms with Gasteiger partial charge in [0.2, 0.25) is 5.91 Å². The van der Waals surface area contributed by atoms with Crippen molar-refractivity contribution in [2.24, 2.45) is 0 Å². The zero-order valence-corrected chi connectivity index (χ0v) is 12.3. The first-order chi connectivity index (χ1) is 10.1. The number of rotatable bonds is 5. The summed E-state index contributed by atoms with van der Waals surface area (Å²) in [5, 5.41) is 10.7. The van der Waals surface area contributed by atoms with Crippen molar-refractivity contribution in [2.45, 2.75) is 6.42 Å². The molecule has 0 aromatic heterocycles. The Morgan fingerprint density at radius 2 is 2.00 bits per heavy atom. The van der Waals surface area contributed by atoms with E-state index >= 15 is 0 Å². The molecule has 0 aliphatic rings. The quantitative estimate of drug-likeness (QED) is 0.830. The first-order valence-corrected chi connectivity index (χ1v) is 6.73. The van der Waals surface area contributed by atoms with Crippen LogP contribution in [0.5, 0.6) is 5.75 Å². The summed E-state index contributed by atoms with van der Waals surface area (Å²) in [6, 6.07) is 12.3. The minimum atomic E-state index is -0.123. The molecule has 0 radical (unpaired) electrons. The number of carbonyl (C=O) groups excluding carboxylic acids is 1. The third kappa shape index (κ3) is 4.07. The van der Waals surface area contributed by atoms with Gasteiger partial charge in [-0.15, -0.1) is 0 Å². The molecule has 0 atom stereocenters. The van der Waals surface area contributed by atoms with E-state index in [-0.39, 0.29) is 12.3 Å². The number of benzene rings is 2. The highest BCUT2D eigenvalue weighted by atomic mass is 35.5. The Kier molecular flexibility index (Phi) is 4.95. The summed E-state index contributed by atoms with van der Waals surface area (Å²) >= 11 is 5.81. The molecule has 2 rings (SSSR count). The number of hydrogen-bond donors (Lipinski definition) is 2. The van der Waals surface area contributed by atoms with E-state index in [1.54, 1.807) is 30.3 Å². The Balaban J connectivity index is 2.05. The topological polar surface area (TPSA) is 62.2 Å². The first-order valence-electron chi connectivity index (χ1n) is 6.35. The number of hydrogen-bond acceptors (Lipinski definition) is 3. The number of halogens is 1. The van der Waals surface area contributed by atoms with Gasteiger partial charge in [-0.1, -0.05) is 23.7 Å². The van der Waals surface area contributed by atoms with Gasteiger partial charge in [0.05, 0.1) is 13.5 Å². The van der Waals surface area contributed by atoms with Crippen molar-refractivity contribution in [1.29, 1.82) is 5.41 Å². The van der Waals surface area contributed by atoms with Crippen LogP contribution in [0.3, 0.4) is 0 Å². The van der Waals surface area contributed by atoms with Crippen molar-refractivity contribution < 1.29 is 9.53 Å². The van der Waals surface area contributed by atoms with Crippen molar-refractivity contribution in [1.82, 2.24) is 0 Å². The molecule has 5 heteroatoms. The summed E-state index contributed by atoms with van der Waals surface area (Å²) in [6.07, 6.45) is 1.48. The van der Waals surface area contributed by atoms with Crippen LogP contribution >= 0.6 is 11.6 Å².